The third kappa shape index (κ3) is 5.01. The van der Waals surface area contributed by atoms with E-state index in [4.69, 9.17) is 4.74 Å². The Labute approximate surface area is 159 Å². The maximum atomic E-state index is 13.2. The molecule has 27 heavy (non-hydrogen) atoms. The summed E-state index contributed by atoms with van der Waals surface area (Å²) in [7, 11) is 0. The standard InChI is InChI=1S/C19H18FN3O3S/c1-13(26-15-5-2-4-14(20)12-15)19(25)21-9-10-23-18(24)8-7-16(22-23)17-6-3-11-27-17/h2-8,11-13H,9-10H2,1H3,(H,21,25)/t13-/m0/s1. The third-order valence-corrected chi connectivity index (χ3v) is 4.63. The fourth-order valence-corrected chi connectivity index (χ4v) is 3.08. The van der Waals surface area contributed by atoms with Crippen LogP contribution in [0.5, 0.6) is 5.75 Å². The van der Waals surface area contributed by atoms with Crippen molar-refractivity contribution in [1.29, 1.82) is 0 Å². The Morgan fingerprint density at radius 2 is 2.15 bits per heavy atom. The van der Waals surface area contributed by atoms with Crippen LogP contribution >= 0.6 is 11.3 Å². The Balaban J connectivity index is 1.55. The smallest absolute Gasteiger partial charge is 0.266 e. The Kier molecular flexibility index (Phi) is 5.97. The summed E-state index contributed by atoms with van der Waals surface area (Å²) in [5.74, 6) is -0.517. The molecule has 0 saturated heterocycles. The molecule has 1 atom stereocenters. The van der Waals surface area contributed by atoms with Gasteiger partial charge in [-0.25, -0.2) is 9.07 Å². The summed E-state index contributed by atoms with van der Waals surface area (Å²) in [4.78, 5) is 25.0. The molecule has 1 N–H and O–H groups in total. The highest BCUT2D eigenvalue weighted by atomic mass is 32.1. The van der Waals surface area contributed by atoms with Crippen molar-refractivity contribution in [2.75, 3.05) is 6.54 Å². The van der Waals surface area contributed by atoms with Crippen LogP contribution in [0.3, 0.4) is 0 Å². The van der Waals surface area contributed by atoms with Gasteiger partial charge in [-0.05, 0) is 36.6 Å². The first-order valence-corrected chi connectivity index (χ1v) is 9.23. The predicted molar refractivity (Wildman–Crippen MR) is 101 cm³/mol. The van der Waals surface area contributed by atoms with E-state index in [2.05, 4.69) is 10.4 Å². The highest BCUT2D eigenvalue weighted by Crippen LogP contribution is 2.21. The predicted octanol–water partition coefficient (Wildman–Crippen LogP) is 2.69. The lowest BCUT2D eigenvalue weighted by atomic mass is 10.3. The number of aromatic nitrogens is 2. The maximum absolute atomic E-state index is 13.2. The number of nitrogens with zero attached hydrogens (tertiary/aromatic N) is 2. The number of carbonyl (C=O) groups is 1. The van der Waals surface area contributed by atoms with Gasteiger partial charge in [-0.1, -0.05) is 12.1 Å². The second-order valence-corrected chi connectivity index (χ2v) is 6.71. The van der Waals surface area contributed by atoms with Crippen molar-refractivity contribution in [3.8, 4) is 16.3 Å². The number of benzene rings is 1. The summed E-state index contributed by atoms with van der Waals surface area (Å²) in [6.07, 6.45) is -0.797. The van der Waals surface area contributed by atoms with Crippen molar-refractivity contribution >= 4 is 17.2 Å². The van der Waals surface area contributed by atoms with E-state index < -0.39 is 11.9 Å². The van der Waals surface area contributed by atoms with Crippen molar-refractivity contribution in [1.82, 2.24) is 15.1 Å². The first-order chi connectivity index (χ1) is 13.0. The molecule has 2 aromatic heterocycles. The lowest BCUT2D eigenvalue weighted by molar-refractivity contribution is -0.127. The number of amides is 1. The minimum Gasteiger partial charge on any atom is -0.481 e. The molecular weight excluding hydrogens is 369 g/mol. The van der Waals surface area contributed by atoms with Crippen LogP contribution < -0.4 is 15.6 Å². The molecule has 0 aliphatic carbocycles. The summed E-state index contributed by atoms with van der Waals surface area (Å²) < 4.78 is 19.9. The van der Waals surface area contributed by atoms with Crippen LogP contribution in [0.25, 0.3) is 10.6 Å². The number of hydrogen-bond acceptors (Lipinski definition) is 5. The van der Waals surface area contributed by atoms with Gasteiger partial charge in [-0.15, -0.1) is 11.3 Å². The lowest BCUT2D eigenvalue weighted by Crippen LogP contribution is -2.39. The van der Waals surface area contributed by atoms with Gasteiger partial charge in [0, 0.05) is 18.7 Å². The minimum atomic E-state index is -0.797. The second-order valence-electron chi connectivity index (χ2n) is 5.77. The summed E-state index contributed by atoms with van der Waals surface area (Å²) in [6.45, 7) is 2.02. The van der Waals surface area contributed by atoms with Gasteiger partial charge in [0.15, 0.2) is 6.10 Å². The first kappa shape index (κ1) is 18.8. The van der Waals surface area contributed by atoms with Crippen LogP contribution in [0.4, 0.5) is 4.39 Å². The van der Waals surface area contributed by atoms with E-state index >= 15 is 0 Å². The minimum absolute atomic E-state index is 0.219. The molecule has 0 radical (unpaired) electrons. The van der Waals surface area contributed by atoms with Gasteiger partial charge in [0.25, 0.3) is 11.5 Å². The molecule has 1 aromatic carbocycles. The quantitative estimate of drug-likeness (QED) is 0.677. The monoisotopic (exact) mass is 387 g/mol. The molecule has 2 heterocycles. The van der Waals surface area contributed by atoms with Crippen molar-refractivity contribution in [2.45, 2.75) is 19.6 Å². The molecule has 0 fully saturated rings. The molecule has 0 unspecified atom stereocenters. The van der Waals surface area contributed by atoms with Gasteiger partial charge < -0.3 is 10.1 Å². The number of rotatable bonds is 7. The summed E-state index contributed by atoms with van der Waals surface area (Å²) >= 11 is 1.53. The Morgan fingerprint density at radius 1 is 1.30 bits per heavy atom. The molecule has 1 amide bonds. The molecule has 0 spiro atoms. The Morgan fingerprint density at radius 3 is 2.89 bits per heavy atom. The SMILES string of the molecule is C[C@H](Oc1cccc(F)c1)C(=O)NCCn1nc(-c2cccs2)ccc1=O. The first-order valence-electron chi connectivity index (χ1n) is 8.35. The Bertz CT molecular complexity index is 972. The van der Waals surface area contributed by atoms with Gasteiger partial charge in [0.1, 0.15) is 17.3 Å². The third-order valence-electron chi connectivity index (χ3n) is 3.74. The molecule has 0 aliphatic heterocycles. The summed E-state index contributed by atoms with van der Waals surface area (Å²) in [6, 6.07) is 12.6. The van der Waals surface area contributed by atoms with Crippen LogP contribution in [-0.4, -0.2) is 28.3 Å². The number of halogens is 1. The molecule has 0 bridgehead atoms. The van der Waals surface area contributed by atoms with Crippen molar-refractivity contribution in [3.63, 3.8) is 0 Å². The van der Waals surface area contributed by atoms with Crippen LogP contribution in [0.2, 0.25) is 0 Å². The summed E-state index contributed by atoms with van der Waals surface area (Å²) in [5, 5.41) is 8.95. The van der Waals surface area contributed by atoms with E-state index in [-0.39, 0.29) is 30.3 Å². The maximum Gasteiger partial charge on any atom is 0.266 e. The number of nitrogens with one attached hydrogen (secondary N) is 1. The fourth-order valence-electron chi connectivity index (χ4n) is 2.39. The molecule has 0 aliphatic rings. The van der Waals surface area contributed by atoms with Crippen molar-refractivity contribution in [2.24, 2.45) is 0 Å². The van der Waals surface area contributed by atoms with Gasteiger partial charge in [0.2, 0.25) is 0 Å². The molecular formula is C19H18FN3O3S. The zero-order valence-electron chi connectivity index (χ0n) is 14.6. The number of thiophene rings is 1. The van der Waals surface area contributed by atoms with Crippen molar-refractivity contribution in [3.05, 3.63) is 70.1 Å². The number of ether oxygens (including phenoxy) is 1. The number of carbonyl (C=O) groups excluding carboxylic acids is 1. The van der Waals surface area contributed by atoms with E-state index in [0.29, 0.717) is 5.69 Å². The Hall–Kier alpha value is -3.00. The van der Waals surface area contributed by atoms with Crippen LogP contribution in [0.1, 0.15) is 6.92 Å². The van der Waals surface area contributed by atoms with Gasteiger partial charge in [-0.3, -0.25) is 9.59 Å². The van der Waals surface area contributed by atoms with E-state index in [9.17, 15) is 14.0 Å². The van der Waals surface area contributed by atoms with Crippen molar-refractivity contribution < 1.29 is 13.9 Å². The second kappa shape index (κ2) is 8.59. The van der Waals surface area contributed by atoms with E-state index in [1.165, 1.54) is 40.3 Å². The zero-order chi connectivity index (χ0) is 19.2. The van der Waals surface area contributed by atoms with Crippen LogP contribution in [0.15, 0.2) is 58.7 Å². The molecule has 6 nitrogen and oxygen atoms in total. The largest absolute Gasteiger partial charge is 0.481 e. The van der Waals surface area contributed by atoms with Crippen LogP contribution in [0, 0.1) is 5.82 Å². The van der Waals surface area contributed by atoms with Gasteiger partial charge >= 0.3 is 0 Å². The number of hydrogen-bond donors (Lipinski definition) is 1. The molecule has 3 aromatic rings. The average Bonchev–Trinajstić information content (AvgIpc) is 3.18. The topological polar surface area (TPSA) is 73.2 Å². The normalized spacial score (nSPS) is 11.8. The molecule has 140 valence electrons. The molecule has 3 rings (SSSR count). The molecule has 8 heteroatoms. The fraction of sp³-hybridized carbons (Fsp3) is 0.211. The van der Waals surface area contributed by atoms with Gasteiger partial charge in [-0.2, -0.15) is 5.10 Å². The van der Waals surface area contributed by atoms with Gasteiger partial charge in [0.05, 0.1) is 11.4 Å². The summed E-state index contributed by atoms with van der Waals surface area (Å²) in [5.41, 5.74) is 0.465. The van der Waals surface area contributed by atoms with Crippen LogP contribution in [-0.2, 0) is 11.3 Å². The van der Waals surface area contributed by atoms with E-state index in [0.717, 1.165) is 4.88 Å². The lowest BCUT2D eigenvalue weighted by Gasteiger charge is -2.15. The van der Waals surface area contributed by atoms with E-state index in [1.54, 1.807) is 19.1 Å². The average molecular weight is 387 g/mol. The highest BCUT2D eigenvalue weighted by molar-refractivity contribution is 7.13. The molecule has 0 saturated carbocycles. The van der Waals surface area contributed by atoms with E-state index in [1.807, 2.05) is 17.5 Å². The highest BCUT2D eigenvalue weighted by Gasteiger charge is 2.14. The zero-order valence-corrected chi connectivity index (χ0v) is 15.4.